The van der Waals surface area contributed by atoms with Crippen molar-refractivity contribution in [3.8, 4) is 0 Å². The summed E-state index contributed by atoms with van der Waals surface area (Å²) in [5.41, 5.74) is 2.87. The standard InChI is InChI=1S/C22H28O2/c1-4-5-15-17-7-6-14-16-8-9-20(24)22(16,3)12-10-18(14)21(17,2)13-11-19(15)23/h5,11,13-18H,1,6-10,12H2,2-3H3/t14-,15?,16-,17?,18-,21-,22-/m0/s1. The van der Waals surface area contributed by atoms with Gasteiger partial charge in [0.05, 0.1) is 5.92 Å². The lowest BCUT2D eigenvalue weighted by molar-refractivity contribution is -0.136. The molecular weight excluding hydrogens is 296 g/mol. The minimum Gasteiger partial charge on any atom is -0.299 e. The number of carbonyl (C=O) groups is 2. The Morgan fingerprint density at radius 1 is 1.12 bits per heavy atom. The van der Waals surface area contributed by atoms with E-state index in [4.69, 9.17) is 0 Å². The van der Waals surface area contributed by atoms with Crippen molar-refractivity contribution in [3.05, 3.63) is 30.5 Å². The van der Waals surface area contributed by atoms with Gasteiger partial charge in [-0.3, -0.25) is 9.59 Å². The highest BCUT2D eigenvalue weighted by molar-refractivity contribution is 5.94. The van der Waals surface area contributed by atoms with E-state index in [1.54, 1.807) is 0 Å². The molecule has 4 aliphatic rings. The Morgan fingerprint density at radius 2 is 1.92 bits per heavy atom. The van der Waals surface area contributed by atoms with Gasteiger partial charge in [0.25, 0.3) is 0 Å². The van der Waals surface area contributed by atoms with Crippen molar-refractivity contribution in [1.29, 1.82) is 0 Å². The lowest BCUT2D eigenvalue weighted by atomic mass is 9.45. The van der Waals surface area contributed by atoms with Gasteiger partial charge in [0, 0.05) is 11.8 Å². The van der Waals surface area contributed by atoms with Crippen LogP contribution in [0.15, 0.2) is 30.5 Å². The maximum atomic E-state index is 12.5. The molecule has 3 fully saturated rings. The molecular formula is C22H28O2. The van der Waals surface area contributed by atoms with E-state index >= 15 is 0 Å². The fourth-order valence-corrected chi connectivity index (χ4v) is 6.90. The summed E-state index contributed by atoms with van der Waals surface area (Å²) in [6.07, 6.45) is 12.2. The summed E-state index contributed by atoms with van der Waals surface area (Å²) in [6.45, 7) is 8.28. The highest BCUT2D eigenvalue weighted by Gasteiger charge is 2.60. The van der Waals surface area contributed by atoms with Gasteiger partial charge in [0.1, 0.15) is 5.78 Å². The van der Waals surface area contributed by atoms with Crippen LogP contribution < -0.4 is 0 Å². The van der Waals surface area contributed by atoms with E-state index in [-0.39, 0.29) is 22.5 Å². The Hall–Kier alpha value is -1.40. The summed E-state index contributed by atoms with van der Waals surface area (Å²) in [5, 5.41) is 0. The minimum absolute atomic E-state index is 0.0584. The summed E-state index contributed by atoms with van der Waals surface area (Å²) < 4.78 is 0. The van der Waals surface area contributed by atoms with Gasteiger partial charge in [-0.15, -0.1) is 5.73 Å². The molecule has 4 rings (SSSR count). The molecule has 0 aliphatic heterocycles. The zero-order valence-corrected chi connectivity index (χ0v) is 14.9. The molecule has 7 atom stereocenters. The van der Waals surface area contributed by atoms with E-state index < -0.39 is 0 Å². The average molecular weight is 324 g/mol. The van der Waals surface area contributed by atoms with Crippen molar-refractivity contribution in [2.75, 3.05) is 0 Å². The molecule has 0 N–H and O–H groups in total. The molecule has 0 saturated heterocycles. The molecule has 2 heteroatoms. The summed E-state index contributed by atoms with van der Waals surface area (Å²) >= 11 is 0. The van der Waals surface area contributed by atoms with E-state index in [1.165, 1.54) is 6.42 Å². The molecule has 0 aromatic heterocycles. The molecule has 2 unspecified atom stereocenters. The summed E-state index contributed by atoms with van der Waals surface area (Å²) in [4.78, 5) is 24.9. The Bertz CT molecular complexity index is 667. The van der Waals surface area contributed by atoms with Crippen LogP contribution in [-0.2, 0) is 9.59 Å². The van der Waals surface area contributed by atoms with Gasteiger partial charge in [0.2, 0.25) is 0 Å². The summed E-state index contributed by atoms with van der Waals surface area (Å²) in [6, 6.07) is 0. The zero-order valence-electron chi connectivity index (χ0n) is 14.9. The number of Topliss-reactive ketones (excluding diaryl/α,β-unsaturated/α-hetero) is 1. The molecule has 0 heterocycles. The van der Waals surface area contributed by atoms with Gasteiger partial charge < -0.3 is 0 Å². The van der Waals surface area contributed by atoms with Gasteiger partial charge in [-0.2, -0.15) is 0 Å². The lowest BCUT2D eigenvalue weighted by Gasteiger charge is -2.58. The first kappa shape index (κ1) is 16.1. The molecule has 3 saturated carbocycles. The van der Waals surface area contributed by atoms with Gasteiger partial charge >= 0.3 is 0 Å². The number of carbonyl (C=O) groups excluding carboxylic acids is 2. The van der Waals surface area contributed by atoms with Crippen LogP contribution in [0.5, 0.6) is 0 Å². The van der Waals surface area contributed by atoms with E-state index in [0.29, 0.717) is 29.5 Å². The van der Waals surface area contributed by atoms with Crippen molar-refractivity contribution in [2.24, 2.45) is 40.4 Å². The Morgan fingerprint density at radius 3 is 2.67 bits per heavy atom. The monoisotopic (exact) mass is 324 g/mol. The van der Waals surface area contributed by atoms with Crippen LogP contribution in [0.2, 0.25) is 0 Å². The zero-order chi connectivity index (χ0) is 17.1. The molecule has 0 bridgehead atoms. The van der Waals surface area contributed by atoms with Crippen LogP contribution in [0.25, 0.3) is 0 Å². The topological polar surface area (TPSA) is 34.1 Å². The van der Waals surface area contributed by atoms with E-state index in [1.807, 2.05) is 12.2 Å². The molecule has 24 heavy (non-hydrogen) atoms. The minimum atomic E-state index is -0.0705. The van der Waals surface area contributed by atoms with E-state index in [0.717, 1.165) is 32.1 Å². The maximum Gasteiger partial charge on any atom is 0.163 e. The number of rotatable bonds is 1. The second-order valence-corrected chi connectivity index (χ2v) is 8.98. The Kier molecular flexibility index (Phi) is 3.55. The summed E-state index contributed by atoms with van der Waals surface area (Å²) in [7, 11) is 0. The molecule has 0 amide bonds. The quantitative estimate of drug-likeness (QED) is 0.665. The molecule has 0 aromatic carbocycles. The van der Waals surface area contributed by atoms with Crippen LogP contribution in [0.3, 0.4) is 0 Å². The van der Waals surface area contributed by atoms with Gasteiger partial charge in [-0.05, 0) is 73.3 Å². The third kappa shape index (κ3) is 1.96. The number of hydrogen-bond donors (Lipinski definition) is 0. The largest absolute Gasteiger partial charge is 0.299 e. The number of fused-ring (bicyclic) bond motifs is 5. The Balaban J connectivity index is 1.71. The Labute approximate surface area is 145 Å². The van der Waals surface area contributed by atoms with Crippen LogP contribution in [-0.4, -0.2) is 11.6 Å². The normalized spacial score (nSPS) is 49.8. The van der Waals surface area contributed by atoms with Crippen molar-refractivity contribution in [3.63, 3.8) is 0 Å². The van der Waals surface area contributed by atoms with Crippen LogP contribution in [0.4, 0.5) is 0 Å². The second-order valence-electron chi connectivity index (χ2n) is 8.98. The summed E-state index contributed by atoms with van der Waals surface area (Å²) in [5.74, 6) is 2.82. The van der Waals surface area contributed by atoms with Crippen molar-refractivity contribution < 1.29 is 9.59 Å². The van der Waals surface area contributed by atoms with Crippen molar-refractivity contribution in [2.45, 2.75) is 52.4 Å². The van der Waals surface area contributed by atoms with Crippen molar-refractivity contribution in [1.82, 2.24) is 0 Å². The first-order valence-corrected chi connectivity index (χ1v) is 9.54. The predicted molar refractivity (Wildman–Crippen MR) is 94.2 cm³/mol. The van der Waals surface area contributed by atoms with Crippen LogP contribution >= 0.6 is 0 Å². The van der Waals surface area contributed by atoms with E-state index in [9.17, 15) is 9.59 Å². The average Bonchev–Trinajstić information content (AvgIpc) is 2.86. The van der Waals surface area contributed by atoms with Gasteiger partial charge in [-0.1, -0.05) is 26.5 Å². The molecule has 0 aromatic rings. The SMILES string of the molecule is C=C=CC1C(=O)C=C[C@@]2(C)C1CC[C@@H]1[C@@H]2CC[C@]2(C)C(=O)CC[C@@H]12. The predicted octanol–water partition coefficient (Wildman–Crippen LogP) is 4.51. The third-order valence-electron chi connectivity index (χ3n) is 8.22. The first-order valence-electron chi connectivity index (χ1n) is 9.54. The first-order chi connectivity index (χ1) is 11.4. The molecule has 128 valence electrons. The van der Waals surface area contributed by atoms with E-state index in [2.05, 4.69) is 32.2 Å². The number of allylic oxidation sites excluding steroid dienone is 3. The van der Waals surface area contributed by atoms with Crippen LogP contribution in [0, 0.1) is 40.4 Å². The highest BCUT2D eigenvalue weighted by atomic mass is 16.1. The molecule has 2 nitrogen and oxygen atoms in total. The van der Waals surface area contributed by atoms with Gasteiger partial charge in [0.15, 0.2) is 5.78 Å². The molecule has 0 spiro atoms. The number of hydrogen-bond acceptors (Lipinski definition) is 2. The molecule has 0 radical (unpaired) electrons. The molecule has 4 aliphatic carbocycles. The highest BCUT2D eigenvalue weighted by Crippen LogP contribution is 2.64. The lowest BCUT2D eigenvalue weighted by Crippen LogP contribution is -2.54. The fourth-order valence-electron chi connectivity index (χ4n) is 6.90. The second kappa shape index (κ2) is 5.30. The third-order valence-corrected chi connectivity index (χ3v) is 8.22. The smallest absolute Gasteiger partial charge is 0.163 e. The number of ketones is 2. The fraction of sp³-hybridized carbons (Fsp3) is 0.682. The van der Waals surface area contributed by atoms with Crippen LogP contribution in [0.1, 0.15) is 52.4 Å². The van der Waals surface area contributed by atoms with Crippen molar-refractivity contribution >= 4 is 11.6 Å². The maximum absolute atomic E-state index is 12.5. The van der Waals surface area contributed by atoms with Gasteiger partial charge in [-0.25, -0.2) is 0 Å².